The van der Waals surface area contributed by atoms with Crippen LogP contribution in [-0.4, -0.2) is 5.91 Å². The van der Waals surface area contributed by atoms with Crippen LogP contribution in [0.15, 0.2) is 53.0 Å². The molecule has 21 heavy (non-hydrogen) atoms. The summed E-state index contributed by atoms with van der Waals surface area (Å²) in [6.45, 7) is 0.601. The number of amides is 1. The van der Waals surface area contributed by atoms with Crippen molar-refractivity contribution in [2.75, 3.05) is 0 Å². The van der Waals surface area contributed by atoms with Crippen molar-refractivity contribution in [2.24, 2.45) is 5.92 Å². The summed E-state index contributed by atoms with van der Waals surface area (Å²) in [6.07, 6.45) is 2.82. The maximum absolute atomic E-state index is 12.3. The van der Waals surface area contributed by atoms with Crippen LogP contribution in [0.3, 0.4) is 0 Å². The molecule has 3 rings (SSSR count). The minimum Gasteiger partial charge on any atom is -0.352 e. The Hall–Kier alpha value is -1.61. The van der Waals surface area contributed by atoms with Crippen LogP contribution in [0, 0.1) is 5.92 Å². The molecule has 0 aromatic heterocycles. The third kappa shape index (κ3) is 3.53. The van der Waals surface area contributed by atoms with Crippen molar-refractivity contribution >= 4 is 21.8 Å². The summed E-state index contributed by atoms with van der Waals surface area (Å²) < 4.78 is 1.06. The molecule has 3 heteroatoms. The van der Waals surface area contributed by atoms with Gasteiger partial charge < -0.3 is 5.32 Å². The molecule has 1 N–H and O–H groups in total. The Morgan fingerprint density at radius 1 is 1.10 bits per heavy atom. The molecule has 2 aromatic rings. The third-order valence-corrected chi connectivity index (χ3v) is 4.63. The lowest BCUT2D eigenvalue weighted by atomic mass is 9.83. The topological polar surface area (TPSA) is 29.1 Å². The second kappa shape index (κ2) is 6.44. The van der Waals surface area contributed by atoms with E-state index in [1.54, 1.807) is 0 Å². The van der Waals surface area contributed by atoms with E-state index >= 15 is 0 Å². The molecule has 1 atom stereocenters. The molecule has 1 aliphatic rings. The summed E-state index contributed by atoms with van der Waals surface area (Å²) in [4.78, 5) is 12.3. The van der Waals surface area contributed by atoms with E-state index < -0.39 is 0 Å². The van der Waals surface area contributed by atoms with Crippen molar-refractivity contribution in [3.63, 3.8) is 0 Å². The van der Waals surface area contributed by atoms with Crippen LogP contribution in [0.4, 0.5) is 0 Å². The lowest BCUT2D eigenvalue weighted by Gasteiger charge is -2.23. The van der Waals surface area contributed by atoms with Crippen molar-refractivity contribution in [2.45, 2.75) is 25.8 Å². The predicted octanol–water partition coefficient (Wildman–Crippen LogP) is 3.87. The van der Waals surface area contributed by atoms with Crippen molar-refractivity contribution < 1.29 is 4.79 Å². The molecule has 1 aliphatic carbocycles. The highest BCUT2D eigenvalue weighted by Crippen LogP contribution is 2.25. The number of rotatable bonds is 3. The number of fused-ring (bicyclic) bond motifs is 1. The van der Waals surface area contributed by atoms with Gasteiger partial charge >= 0.3 is 0 Å². The average molecular weight is 344 g/mol. The van der Waals surface area contributed by atoms with Gasteiger partial charge in [0, 0.05) is 16.9 Å². The number of nitrogens with one attached hydrogen (secondary N) is 1. The fraction of sp³-hybridized carbons (Fsp3) is 0.278. The lowest BCUT2D eigenvalue weighted by Crippen LogP contribution is -2.33. The van der Waals surface area contributed by atoms with Gasteiger partial charge in [0.05, 0.1) is 0 Å². The van der Waals surface area contributed by atoms with Gasteiger partial charge in [-0.2, -0.15) is 0 Å². The van der Waals surface area contributed by atoms with Gasteiger partial charge in [-0.15, -0.1) is 0 Å². The molecule has 108 valence electrons. The summed E-state index contributed by atoms with van der Waals surface area (Å²) in [7, 11) is 0. The van der Waals surface area contributed by atoms with E-state index in [0.29, 0.717) is 6.54 Å². The standard InChI is InChI=1S/C18H18BrNO/c19-17-9-5-13(6-10-17)12-20-18(21)16-8-7-14-3-1-2-4-15(14)11-16/h1-6,9-10,16H,7-8,11-12H2,(H,20,21). The smallest absolute Gasteiger partial charge is 0.223 e. The number of hydrogen-bond acceptors (Lipinski definition) is 1. The zero-order chi connectivity index (χ0) is 14.7. The first-order valence-electron chi connectivity index (χ1n) is 7.31. The van der Waals surface area contributed by atoms with Gasteiger partial charge in [-0.3, -0.25) is 4.79 Å². The molecule has 0 radical (unpaired) electrons. The van der Waals surface area contributed by atoms with Gasteiger partial charge in [-0.05, 0) is 48.1 Å². The molecule has 0 saturated heterocycles. The Balaban J connectivity index is 1.58. The Morgan fingerprint density at radius 3 is 2.57 bits per heavy atom. The van der Waals surface area contributed by atoms with Crippen LogP contribution in [0.25, 0.3) is 0 Å². The van der Waals surface area contributed by atoms with Crippen molar-refractivity contribution in [1.82, 2.24) is 5.32 Å². The highest BCUT2D eigenvalue weighted by Gasteiger charge is 2.23. The minimum absolute atomic E-state index is 0.107. The summed E-state index contributed by atoms with van der Waals surface area (Å²) in [5.74, 6) is 0.280. The van der Waals surface area contributed by atoms with E-state index in [2.05, 4.69) is 45.5 Å². The van der Waals surface area contributed by atoms with E-state index in [1.165, 1.54) is 11.1 Å². The molecule has 2 aromatic carbocycles. The molecular formula is C18H18BrNO. The van der Waals surface area contributed by atoms with Crippen molar-refractivity contribution in [3.8, 4) is 0 Å². The van der Waals surface area contributed by atoms with Crippen LogP contribution in [0.5, 0.6) is 0 Å². The molecular weight excluding hydrogens is 326 g/mol. The zero-order valence-corrected chi connectivity index (χ0v) is 13.4. The van der Waals surface area contributed by atoms with Crippen molar-refractivity contribution in [1.29, 1.82) is 0 Å². The Kier molecular flexibility index (Phi) is 4.39. The summed E-state index contributed by atoms with van der Waals surface area (Å²) in [6, 6.07) is 16.5. The largest absolute Gasteiger partial charge is 0.352 e. The molecule has 0 bridgehead atoms. The Morgan fingerprint density at radius 2 is 1.81 bits per heavy atom. The normalized spacial score (nSPS) is 17.1. The molecule has 1 unspecified atom stereocenters. The van der Waals surface area contributed by atoms with Crippen LogP contribution in [0.1, 0.15) is 23.1 Å². The maximum Gasteiger partial charge on any atom is 0.223 e. The molecule has 0 heterocycles. The van der Waals surface area contributed by atoms with E-state index in [1.807, 2.05) is 24.3 Å². The summed E-state index contributed by atoms with van der Waals surface area (Å²) in [5, 5.41) is 3.06. The van der Waals surface area contributed by atoms with Gasteiger partial charge in [0.25, 0.3) is 0 Å². The van der Waals surface area contributed by atoms with Crippen LogP contribution >= 0.6 is 15.9 Å². The van der Waals surface area contributed by atoms with Gasteiger partial charge in [0.15, 0.2) is 0 Å². The van der Waals surface area contributed by atoms with Gasteiger partial charge in [-0.25, -0.2) is 0 Å². The SMILES string of the molecule is O=C(NCc1ccc(Br)cc1)C1CCc2ccccc2C1. The number of halogens is 1. The molecule has 1 amide bonds. The maximum atomic E-state index is 12.3. The summed E-state index contributed by atoms with van der Waals surface area (Å²) in [5.41, 5.74) is 3.85. The number of benzene rings is 2. The quantitative estimate of drug-likeness (QED) is 0.900. The van der Waals surface area contributed by atoms with E-state index in [0.717, 1.165) is 29.3 Å². The Labute approximate surface area is 133 Å². The van der Waals surface area contributed by atoms with Crippen LogP contribution < -0.4 is 5.32 Å². The first-order valence-corrected chi connectivity index (χ1v) is 8.10. The van der Waals surface area contributed by atoms with E-state index in [4.69, 9.17) is 0 Å². The van der Waals surface area contributed by atoms with E-state index in [-0.39, 0.29) is 11.8 Å². The number of aryl methyl sites for hydroxylation is 1. The molecule has 0 aliphatic heterocycles. The minimum atomic E-state index is 0.107. The van der Waals surface area contributed by atoms with E-state index in [9.17, 15) is 4.79 Å². The number of carbonyl (C=O) groups is 1. The van der Waals surface area contributed by atoms with Crippen LogP contribution in [-0.2, 0) is 24.2 Å². The second-order valence-electron chi connectivity index (χ2n) is 5.55. The fourth-order valence-electron chi connectivity index (χ4n) is 2.86. The Bertz CT molecular complexity index is 636. The molecule has 0 spiro atoms. The fourth-order valence-corrected chi connectivity index (χ4v) is 3.12. The zero-order valence-electron chi connectivity index (χ0n) is 11.8. The lowest BCUT2D eigenvalue weighted by molar-refractivity contribution is -0.125. The second-order valence-corrected chi connectivity index (χ2v) is 6.47. The summed E-state index contributed by atoms with van der Waals surface area (Å²) >= 11 is 3.42. The number of hydrogen-bond donors (Lipinski definition) is 1. The highest BCUT2D eigenvalue weighted by molar-refractivity contribution is 9.10. The molecule has 0 saturated carbocycles. The third-order valence-electron chi connectivity index (χ3n) is 4.10. The first kappa shape index (κ1) is 14.3. The molecule has 0 fully saturated rings. The monoisotopic (exact) mass is 343 g/mol. The highest BCUT2D eigenvalue weighted by atomic mass is 79.9. The molecule has 2 nitrogen and oxygen atoms in total. The van der Waals surface area contributed by atoms with Gasteiger partial charge in [-0.1, -0.05) is 52.3 Å². The van der Waals surface area contributed by atoms with Crippen LogP contribution in [0.2, 0.25) is 0 Å². The number of carbonyl (C=O) groups excluding carboxylic acids is 1. The van der Waals surface area contributed by atoms with Gasteiger partial charge in [0.2, 0.25) is 5.91 Å². The van der Waals surface area contributed by atoms with Crippen molar-refractivity contribution in [3.05, 3.63) is 69.7 Å². The average Bonchev–Trinajstić information content (AvgIpc) is 2.53. The van der Waals surface area contributed by atoms with Gasteiger partial charge in [0.1, 0.15) is 0 Å². The predicted molar refractivity (Wildman–Crippen MR) is 87.9 cm³/mol. The first-order chi connectivity index (χ1) is 10.2.